The lowest BCUT2D eigenvalue weighted by Crippen LogP contribution is -2.09. The van der Waals surface area contributed by atoms with Crippen molar-refractivity contribution in [2.45, 2.75) is 0 Å². The number of amides is 1. The maximum Gasteiger partial charge on any atom is 0.345 e. The first kappa shape index (κ1) is 15.0. The van der Waals surface area contributed by atoms with Crippen molar-refractivity contribution in [1.29, 1.82) is 0 Å². The SMILES string of the molecule is O=C(O)c1ccc(C(=O)Nc2ccc(-c3ccccc3)cc2)s1. The van der Waals surface area contributed by atoms with E-state index >= 15 is 0 Å². The molecular weight excluding hydrogens is 310 g/mol. The summed E-state index contributed by atoms with van der Waals surface area (Å²) < 4.78 is 0. The molecule has 0 aliphatic carbocycles. The molecule has 2 aromatic carbocycles. The minimum Gasteiger partial charge on any atom is -0.477 e. The predicted molar refractivity (Wildman–Crippen MR) is 91.1 cm³/mol. The van der Waals surface area contributed by atoms with Crippen LogP contribution >= 0.6 is 11.3 Å². The highest BCUT2D eigenvalue weighted by atomic mass is 32.1. The monoisotopic (exact) mass is 323 g/mol. The second-order valence-corrected chi connectivity index (χ2v) is 5.95. The summed E-state index contributed by atoms with van der Waals surface area (Å²) in [6.07, 6.45) is 0. The molecule has 1 amide bonds. The van der Waals surface area contributed by atoms with Crippen LogP contribution in [0.3, 0.4) is 0 Å². The van der Waals surface area contributed by atoms with Crippen LogP contribution in [0.25, 0.3) is 11.1 Å². The van der Waals surface area contributed by atoms with Crippen molar-refractivity contribution in [2.24, 2.45) is 0 Å². The Kier molecular flexibility index (Phi) is 4.21. The fourth-order valence-electron chi connectivity index (χ4n) is 2.14. The van der Waals surface area contributed by atoms with Crippen molar-refractivity contribution < 1.29 is 14.7 Å². The molecule has 1 aromatic heterocycles. The third kappa shape index (κ3) is 3.46. The molecule has 0 fully saturated rings. The Morgan fingerprint density at radius 2 is 1.39 bits per heavy atom. The van der Waals surface area contributed by atoms with Crippen molar-refractivity contribution in [3.05, 3.63) is 76.5 Å². The largest absolute Gasteiger partial charge is 0.477 e. The van der Waals surface area contributed by atoms with Gasteiger partial charge in [0, 0.05) is 5.69 Å². The molecule has 0 unspecified atom stereocenters. The molecule has 1 heterocycles. The van der Waals surface area contributed by atoms with Crippen LogP contribution in [-0.2, 0) is 0 Å². The van der Waals surface area contributed by atoms with E-state index in [2.05, 4.69) is 5.32 Å². The summed E-state index contributed by atoms with van der Waals surface area (Å²) >= 11 is 0.957. The Balaban J connectivity index is 1.72. The van der Waals surface area contributed by atoms with Gasteiger partial charge in [-0.1, -0.05) is 42.5 Å². The fraction of sp³-hybridized carbons (Fsp3) is 0. The van der Waals surface area contributed by atoms with Gasteiger partial charge in [0.2, 0.25) is 0 Å². The smallest absolute Gasteiger partial charge is 0.345 e. The van der Waals surface area contributed by atoms with Crippen molar-refractivity contribution in [3.8, 4) is 11.1 Å². The zero-order valence-electron chi connectivity index (χ0n) is 12.0. The van der Waals surface area contributed by atoms with Gasteiger partial charge < -0.3 is 10.4 Å². The minimum absolute atomic E-state index is 0.148. The normalized spacial score (nSPS) is 10.3. The predicted octanol–water partition coefficient (Wildman–Crippen LogP) is 4.37. The van der Waals surface area contributed by atoms with Gasteiger partial charge in [-0.05, 0) is 35.4 Å². The summed E-state index contributed by atoms with van der Waals surface area (Å²) in [6.45, 7) is 0. The number of carbonyl (C=O) groups is 2. The number of thiophene rings is 1. The lowest BCUT2D eigenvalue weighted by atomic mass is 10.1. The highest BCUT2D eigenvalue weighted by molar-refractivity contribution is 7.15. The Morgan fingerprint density at radius 3 is 2.00 bits per heavy atom. The number of aromatic carboxylic acids is 1. The van der Waals surface area contributed by atoms with Gasteiger partial charge in [0.05, 0.1) is 4.88 Å². The number of carboxylic acid groups (broad SMARTS) is 1. The molecule has 5 heteroatoms. The van der Waals surface area contributed by atoms with Crippen LogP contribution in [0.4, 0.5) is 5.69 Å². The van der Waals surface area contributed by atoms with Crippen LogP contribution in [0.1, 0.15) is 19.3 Å². The maximum atomic E-state index is 12.1. The summed E-state index contributed by atoms with van der Waals surface area (Å²) in [7, 11) is 0. The molecule has 3 aromatic rings. The van der Waals surface area contributed by atoms with E-state index in [1.807, 2.05) is 54.6 Å². The van der Waals surface area contributed by atoms with Gasteiger partial charge in [-0.3, -0.25) is 4.79 Å². The third-order valence-electron chi connectivity index (χ3n) is 3.29. The van der Waals surface area contributed by atoms with Crippen LogP contribution in [0, 0.1) is 0 Å². The minimum atomic E-state index is -1.03. The Morgan fingerprint density at radius 1 is 0.783 bits per heavy atom. The van der Waals surface area contributed by atoms with Gasteiger partial charge in [0.1, 0.15) is 4.88 Å². The average Bonchev–Trinajstić information content (AvgIpc) is 3.07. The van der Waals surface area contributed by atoms with Gasteiger partial charge in [0.15, 0.2) is 0 Å². The molecule has 4 nitrogen and oxygen atoms in total. The Bertz CT molecular complexity index is 838. The Hall–Kier alpha value is -2.92. The zero-order chi connectivity index (χ0) is 16.2. The van der Waals surface area contributed by atoms with Crippen molar-refractivity contribution in [3.63, 3.8) is 0 Å². The van der Waals surface area contributed by atoms with Crippen molar-refractivity contribution in [2.75, 3.05) is 5.32 Å². The molecule has 114 valence electrons. The molecule has 0 atom stereocenters. The quantitative estimate of drug-likeness (QED) is 0.749. The molecule has 0 bridgehead atoms. The van der Waals surface area contributed by atoms with E-state index in [1.165, 1.54) is 12.1 Å². The lowest BCUT2D eigenvalue weighted by molar-refractivity contribution is 0.0702. The molecule has 23 heavy (non-hydrogen) atoms. The first-order valence-electron chi connectivity index (χ1n) is 6.93. The lowest BCUT2D eigenvalue weighted by Gasteiger charge is -2.06. The van der Waals surface area contributed by atoms with Crippen LogP contribution in [-0.4, -0.2) is 17.0 Å². The molecule has 3 rings (SSSR count). The van der Waals surface area contributed by atoms with Gasteiger partial charge in [-0.25, -0.2) is 4.79 Å². The van der Waals surface area contributed by atoms with Crippen LogP contribution in [0.5, 0.6) is 0 Å². The molecule has 2 N–H and O–H groups in total. The van der Waals surface area contributed by atoms with Crippen LogP contribution in [0.15, 0.2) is 66.7 Å². The number of benzene rings is 2. The van der Waals surface area contributed by atoms with Gasteiger partial charge >= 0.3 is 5.97 Å². The highest BCUT2D eigenvalue weighted by Crippen LogP contribution is 2.22. The molecule has 0 radical (unpaired) electrons. The summed E-state index contributed by atoms with van der Waals surface area (Å²) in [4.78, 5) is 23.5. The van der Waals surface area contributed by atoms with Gasteiger partial charge in [-0.15, -0.1) is 11.3 Å². The summed E-state index contributed by atoms with van der Waals surface area (Å²) in [6, 6.07) is 20.4. The number of hydrogen-bond acceptors (Lipinski definition) is 3. The maximum absolute atomic E-state index is 12.1. The molecule has 0 saturated carbocycles. The second-order valence-electron chi connectivity index (χ2n) is 4.87. The number of rotatable bonds is 4. The van der Waals surface area contributed by atoms with E-state index in [0.717, 1.165) is 22.5 Å². The molecule has 0 aliphatic rings. The van der Waals surface area contributed by atoms with Crippen LogP contribution < -0.4 is 5.32 Å². The first-order valence-corrected chi connectivity index (χ1v) is 7.75. The number of nitrogens with one attached hydrogen (secondary N) is 1. The van der Waals surface area contributed by atoms with E-state index in [0.29, 0.717) is 10.6 Å². The van der Waals surface area contributed by atoms with E-state index in [9.17, 15) is 9.59 Å². The van der Waals surface area contributed by atoms with Crippen molar-refractivity contribution >= 4 is 28.9 Å². The van der Waals surface area contributed by atoms with E-state index in [-0.39, 0.29) is 10.8 Å². The number of hydrogen-bond donors (Lipinski definition) is 2. The van der Waals surface area contributed by atoms with E-state index in [4.69, 9.17) is 5.11 Å². The number of anilines is 1. The van der Waals surface area contributed by atoms with Gasteiger partial charge in [-0.2, -0.15) is 0 Å². The Labute approximate surface area is 137 Å². The summed E-state index contributed by atoms with van der Waals surface area (Å²) in [5.41, 5.74) is 2.84. The molecular formula is C18H13NO3S. The highest BCUT2D eigenvalue weighted by Gasteiger charge is 2.13. The standard InChI is InChI=1S/C18H13NO3S/c20-17(15-10-11-16(23-15)18(21)22)19-14-8-6-13(7-9-14)12-4-2-1-3-5-12/h1-11H,(H,19,20)(H,21,22). The topological polar surface area (TPSA) is 66.4 Å². The third-order valence-corrected chi connectivity index (χ3v) is 4.36. The number of carbonyl (C=O) groups excluding carboxylic acids is 1. The molecule has 0 aliphatic heterocycles. The number of carboxylic acids is 1. The first-order chi connectivity index (χ1) is 11.1. The molecule has 0 saturated heterocycles. The summed E-state index contributed by atoms with van der Waals surface area (Å²) in [5.74, 6) is -1.34. The fourth-order valence-corrected chi connectivity index (χ4v) is 2.88. The second kappa shape index (κ2) is 6.46. The summed E-state index contributed by atoms with van der Waals surface area (Å²) in [5, 5.41) is 11.7. The van der Waals surface area contributed by atoms with Gasteiger partial charge in [0.25, 0.3) is 5.91 Å². The van der Waals surface area contributed by atoms with E-state index < -0.39 is 5.97 Å². The van der Waals surface area contributed by atoms with Crippen molar-refractivity contribution in [1.82, 2.24) is 0 Å². The zero-order valence-corrected chi connectivity index (χ0v) is 12.8. The molecule has 0 spiro atoms. The van der Waals surface area contributed by atoms with E-state index in [1.54, 1.807) is 0 Å². The van der Waals surface area contributed by atoms with Crippen LogP contribution in [0.2, 0.25) is 0 Å². The average molecular weight is 323 g/mol.